The van der Waals surface area contributed by atoms with Gasteiger partial charge in [-0.3, -0.25) is 4.79 Å². The van der Waals surface area contributed by atoms with Gasteiger partial charge in [-0.15, -0.1) is 12.4 Å². The molecule has 0 saturated carbocycles. The smallest absolute Gasteiger partial charge is 0.254 e. The second kappa shape index (κ2) is 6.46. The third-order valence-corrected chi connectivity index (χ3v) is 3.92. The molecule has 0 spiro atoms. The van der Waals surface area contributed by atoms with Crippen molar-refractivity contribution in [3.8, 4) is 5.75 Å². The van der Waals surface area contributed by atoms with E-state index in [-0.39, 0.29) is 29.8 Å². The highest BCUT2D eigenvalue weighted by Crippen LogP contribution is 2.28. The van der Waals surface area contributed by atoms with Crippen molar-refractivity contribution in [1.29, 1.82) is 0 Å². The Labute approximate surface area is 126 Å². The van der Waals surface area contributed by atoms with Gasteiger partial charge < -0.3 is 15.4 Å². The summed E-state index contributed by atoms with van der Waals surface area (Å²) >= 11 is 0. The van der Waals surface area contributed by atoms with Gasteiger partial charge in [-0.25, -0.2) is 0 Å². The third-order valence-electron chi connectivity index (χ3n) is 3.92. The summed E-state index contributed by atoms with van der Waals surface area (Å²) in [5, 5.41) is 0. The van der Waals surface area contributed by atoms with Crippen molar-refractivity contribution < 1.29 is 9.53 Å². The Balaban J connectivity index is 0.00000200. The van der Waals surface area contributed by atoms with Crippen LogP contribution < -0.4 is 10.5 Å². The van der Waals surface area contributed by atoms with Crippen molar-refractivity contribution in [2.24, 2.45) is 11.1 Å². The number of nitrogens with zero attached hydrogens (tertiary/aromatic N) is 1. The maximum Gasteiger partial charge on any atom is 0.254 e. The molecular weight excluding hydrogens is 276 g/mol. The zero-order valence-electron chi connectivity index (χ0n) is 12.3. The van der Waals surface area contributed by atoms with Crippen LogP contribution in [0.2, 0.25) is 0 Å². The van der Waals surface area contributed by atoms with Gasteiger partial charge in [-0.05, 0) is 30.0 Å². The van der Waals surface area contributed by atoms with E-state index in [1.54, 1.807) is 13.2 Å². The Kier molecular flexibility index (Phi) is 5.42. The maximum absolute atomic E-state index is 12.5. The van der Waals surface area contributed by atoms with Crippen molar-refractivity contribution in [2.75, 3.05) is 20.2 Å². The lowest BCUT2D eigenvalue weighted by atomic mass is 9.79. The molecule has 0 bridgehead atoms. The third kappa shape index (κ3) is 3.44. The molecule has 0 radical (unpaired) electrons. The van der Waals surface area contributed by atoms with Gasteiger partial charge in [-0.2, -0.15) is 0 Å². The lowest BCUT2D eigenvalue weighted by Gasteiger charge is -2.42. The van der Waals surface area contributed by atoms with Gasteiger partial charge in [0.25, 0.3) is 5.91 Å². The largest absolute Gasteiger partial charge is 0.497 e. The van der Waals surface area contributed by atoms with E-state index in [0.717, 1.165) is 13.0 Å². The molecule has 0 aromatic heterocycles. The number of likely N-dealkylation sites (tertiary alicyclic amines) is 1. The number of methoxy groups -OCH3 is 1. The Morgan fingerprint density at radius 3 is 2.75 bits per heavy atom. The number of hydrogen-bond donors (Lipinski definition) is 1. The summed E-state index contributed by atoms with van der Waals surface area (Å²) < 4.78 is 5.16. The average Bonchev–Trinajstić information content (AvgIpc) is 2.41. The highest BCUT2D eigenvalue weighted by Gasteiger charge is 2.35. The SMILES string of the molecule is COc1cccc(C(=O)N2CCC(N)C(C)(C)C2)c1.Cl. The quantitative estimate of drug-likeness (QED) is 0.911. The maximum atomic E-state index is 12.5. The minimum Gasteiger partial charge on any atom is -0.497 e. The molecule has 112 valence electrons. The van der Waals surface area contributed by atoms with Crippen LogP contribution in [-0.4, -0.2) is 37.0 Å². The zero-order chi connectivity index (χ0) is 14.0. The lowest BCUT2D eigenvalue weighted by molar-refractivity contribution is 0.0532. The number of amides is 1. The minimum atomic E-state index is -0.0349. The molecule has 1 saturated heterocycles. The predicted molar refractivity (Wildman–Crippen MR) is 82.5 cm³/mol. The number of halogens is 1. The van der Waals surface area contributed by atoms with E-state index in [9.17, 15) is 4.79 Å². The molecule has 0 aliphatic carbocycles. The van der Waals surface area contributed by atoms with Crippen LogP contribution in [0.25, 0.3) is 0 Å². The molecule has 2 rings (SSSR count). The van der Waals surface area contributed by atoms with Crippen LogP contribution >= 0.6 is 12.4 Å². The molecule has 1 amide bonds. The van der Waals surface area contributed by atoms with Crippen LogP contribution in [0, 0.1) is 5.41 Å². The molecule has 1 heterocycles. The van der Waals surface area contributed by atoms with Crippen LogP contribution in [0.3, 0.4) is 0 Å². The van der Waals surface area contributed by atoms with Crippen LogP contribution in [-0.2, 0) is 0 Å². The molecule has 20 heavy (non-hydrogen) atoms. The number of benzene rings is 1. The fraction of sp³-hybridized carbons (Fsp3) is 0.533. The average molecular weight is 299 g/mol. The number of carbonyl (C=O) groups is 1. The first kappa shape index (κ1) is 16.8. The van der Waals surface area contributed by atoms with Crippen LogP contribution in [0.5, 0.6) is 5.75 Å². The summed E-state index contributed by atoms with van der Waals surface area (Å²) in [5.41, 5.74) is 6.74. The molecule has 1 unspecified atom stereocenters. The van der Waals surface area contributed by atoms with Crippen LogP contribution in [0.1, 0.15) is 30.6 Å². The summed E-state index contributed by atoms with van der Waals surface area (Å²) in [6, 6.07) is 7.44. The monoisotopic (exact) mass is 298 g/mol. The Hall–Kier alpha value is -1.26. The van der Waals surface area contributed by atoms with Gasteiger partial charge in [0, 0.05) is 24.7 Å². The summed E-state index contributed by atoms with van der Waals surface area (Å²) in [6.45, 7) is 5.65. The number of rotatable bonds is 2. The van der Waals surface area contributed by atoms with E-state index in [0.29, 0.717) is 17.9 Å². The van der Waals surface area contributed by atoms with Crippen molar-refractivity contribution in [1.82, 2.24) is 4.90 Å². The topological polar surface area (TPSA) is 55.6 Å². The summed E-state index contributed by atoms with van der Waals surface area (Å²) in [6.07, 6.45) is 0.850. The van der Waals surface area contributed by atoms with Gasteiger partial charge in [0.2, 0.25) is 0 Å². The standard InChI is InChI=1S/C15H22N2O2.ClH/c1-15(2)10-17(8-7-13(15)16)14(18)11-5-4-6-12(9-11)19-3;/h4-6,9,13H,7-8,10,16H2,1-3H3;1H. The zero-order valence-corrected chi connectivity index (χ0v) is 13.1. The highest BCUT2D eigenvalue weighted by molar-refractivity contribution is 5.94. The van der Waals surface area contributed by atoms with Crippen molar-refractivity contribution in [3.05, 3.63) is 29.8 Å². The minimum absolute atomic E-state index is 0. The van der Waals surface area contributed by atoms with Crippen LogP contribution in [0.4, 0.5) is 0 Å². The van der Waals surface area contributed by atoms with Gasteiger partial charge in [-0.1, -0.05) is 19.9 Å². The van der Waals surface area contributed by atoms with Crippen LogP contribution in [0.15, 0.2) is 24.3 Å². The number of ether oxygens (including phenoxy) is 1. The molecule has 1 aliphatic rings. The molecule has 5 heteroatoms. The first-order valence-corrected chi connectivity index (χ1v) is 6.63. The van der Waals surface area contributed by atoms with E-state index < -0.39 is 0 Å². The molecule has 4 nitrogen and oxygen atoms in total. The fourth-order valence-electron chi connectivity index (χ4n) is 2.49. The van der Waals surface area contributed by atoms with Crippen molar-refractivity contribution >= 4 is 18.3 Å². The number of nitrogens with two attached hydrogens (primary N) is 1. The van der Waals surface area contributed by atoms with Gasteiger partial charge in [0.1, 0.15) is 5.75 Å². The first-order chi connectivity index (χ1) is 8.94. The van der Waals surface area contributed by atoms with Gasteiger partial charge in [0.05, 0.1) is 7.11 Å². The van der Waals surface area contributed by atoms with E-state index >= 15 is 0 Å². The molecule has 1 fully saturated rings. The van der Waals surface area contributed by atoms with E-state index in [1.807, 2.05) is 23.1 Å². The molecule has 1 aliphatic heterocycles. The van der Waals surface area contributed by atoms with E-state index in [1.165, 1.54) is 0 Å². The predicted octanol–water partition coefficient (Wildman–Crippen LogP) is 2.32. The van der Waals surface area contributed by atoms with Gasteiger partial charge >= 0.3 is 0 Å². The highest BCUT2D eigenvalue weighted by atomic mass is 35.5. The lowest BCUT2D eigenvalue weighted by Crippen LogP contribution is -2.53. The van der Waals surface area contributed by atoms with Crippen molar-refractivity contribution in [3.63, 3.8) is 0 Å². The summed E-state index contributed by atoms with van der Waals surface area (Å²) in [4.78, 5) is 14.4. The Bertz CT molecular complexity index is 477. The first-order valence-electron chi connectivity index (χ1n) is 6.63. The summed E-state index contributed by atoms with van der Waals surface area (Å²) in [7, 11) is 1.60. The normalized spacial score (nSPS) is 21.0. The number of hydrogen-bond acceptors (Lipinski definition) is 3. The fourth-order valence-corrected chi connectivity index (χ4v) is 2.49. The second-order valence-electron chi connectivity index (χ2n) is 5.84. The van der Waals surface area contributed by atoms with Crippen molar-refractivity contribution in [2.45, 2.75) is 26.3 Å². The molecule has 2 N–H and O–H groups in total. The second-order valence-corrected chi connectivity index (χ2v) is 5.84. The molecular formula is C15H23ClN2O2. The molecule has 1 aromatic rings. The molecule has 1 atom stereocenters. The Morgan fingerprint density at radius 1 is 1.45 bits per heavy atom. The van der Waals surface area contributed by atoms with Gasteiger partial charge in [0.15, 0.2) is 0 Å². The molecule has 1 aromatic carbocycles. The summed E-state index contributed by atoms with van der Waals surface area (Å²) in [5.74, 6) is 0.762. The van der Waals surface area contributed by atoms with E-state index in [4.69, 9.17) is 10.5 Å². The number of piperidine rings is 1. The number of carbonyl (C=O) groups excluding carboxylic acids is 1. The Morgan fingerprint density at radius 2 is 2.15 bits per heavy atom. The van der Waals surface area contributed by atoms with E-state index in [2.05, 4.69) is 13.8 Å².